The lowest BCUT2D eigenvalue weighted by Crippen LogP contribution is -2.25. The summed E-state index contributed by atoms with van der Waals surface area (Å²) in [5.74, 6) is -1.33. The summed E-state index contributed by atoms with van der Waals surface area (Å²) in [6.07, 6.45) is 3.03. The Morgan fingerprint density at radius 3 is 2.82 bits per heavy atom. The molecule has 0 atom stereocenters. The van der Waals surface area contributed by atoms with Crippen LogP contribution in [0.2, 0.25) is 0 Å². The number of aromatic hydroxyl groups is 1. The van der Waals surface area contributed by atoms with Crippen LogP contribution in [0.1, 0.15) is 16.9 Å². The third-order valence-electron chi connectivity index (χ3n) is 3.99. The van der Waals surface area contributed by atoms with E-state index in [4.69, 9.17) is 5.11 Å². The predicted octanol–water partition coefficient (Wildman–Crippen LogP) is 1.19. The molecule has 0 aliphatic rings. The topological polar surface area (TPSA) is 143 Å². The van der Waals surface area contributed by atoms with Crippen LogP contribution in [-0.4, -0.2) is 44.0 Å². The van der Waals surface area contributed by atoms with Crippen LogP contribution in [0.25, 0.3) is 11.4 Å². The van der Waals surface area contributed by atoms with Gasteiger partial charge in [0.15, 0.2) is 5.69 Å². The number of aromatic nitrogens is 3. The van der Waals surface area contributed by atoms with Crippen molar-refractivity contribution >= 4 is 17.3 Å². The molecule has 2 heterocycles. The monoisotopic (exact) mass is 385 g/mol. The molecule has 0 fully saturated rings. The molecular weight excluding hydrogens is 366 g/mol. The molecule has 146 valence electrons. The minimum atomic E-state index is -0.773. The quantitative estimate of drug-likeness (QED) is 0.444. The predicted molar refractivity (Wildman–Crippen MR) is 101 cm³/mol. The highest BCUT2D eigenvalue weighted by Crippen LogP contribution is 2.27. The Bertz CT molecular complexity index is 1030. The fraction of sp³-hybridized carbons (Fsp3) is 0.222. The first-order valence-corrected chi connectivity index (χ1v) is 8.47. The van der Waals surface area contributed by atoms with E-state index in [1.807, 2.05) is 6.07 Å². The second-order valence-electron chi connectivity index (χ2n) is 5.91. The molecule has 3 rings (SSSR count). The van der Waals surface area contributed by atoms with Crippen molar-refractivity contribution in [1.29, 1.82) is 0 Å². The van der Waals surface area contributed by atoms with Gasteiger partial charge >= 0.3 is 0 Å². The lowest BCUT2D eigenvalue weighted by molar-refractivity contribution is 0.101. The van der Waals surface area contributed by atoms with E-state index < -0.39 is 22.9 Å². The lowest BCUT2D eigenvalue weighted by atomic mass is 10.1. The zero-order valence-electron chi connectivity index (χ0n) is 15.0. The number of hydrogen-bond acceptors (Lipinski definition) is 8. The van der Waals surface area contributed by atoms with Gasteiger partial charge in [0.25, 0.3) is 11.5 Å². The Morgan fingerprint density at radius 1 is 1.32 bits per heavy atom. The largest absolute Gasteiger partial charge is 0.501 e. The van der Waals surface area contributed by atoms with Crippen molar-refractivity contribution < 1.29 is 19.5 Å². The molecular formula is C18H19N5O5. The number of rotatable bonds is 7. The zero-order valence-corrected chi connectivity index (χ0v) is 15.0. The maximum Gasteiger partial charge on any atom is 0.296 e. The summed E-state index contributed by atoms with van der Waals surface area (Å²) in [6.45, 7) is 0.554. The fourth-order valence-electron chi connectivity index (χ4n) is 2.58. The van der Waals surface area contributed by atoms with Gasteiger partial charge in [-0.1, -0.05) is 17.3 Å². The van der Waals surface area contributed by atoms with Crippen molar-refractivity contribution in [2.24, 2.45) is 7.05 Å². The summed E-state index contributed by atoms with van der Waals surface area (Å²) in [5, 5.41) is 28.2. The number of aliphatic hydroxyl groups is 1. The van der Waals surface area contributed by atoms with Crippen molar-refractivity contribution in [3.8, 4) is 17.1 Å². The molecule has 1 aromatic carbocycles. The van der Waals surface area contributed by atoms with Crippen molar-refractivity contribution in [1.82, 2.24) is 14.7 Å². The molecule has 0 aliphatic heterocycles. The molecule has 2 aromatic heterocycles. The molecule has 1 amide bonds. The van der Waals surface area contributed by atoms with Crippen LogP contribution in [-0.2, 0) is 7.05 Å². The molecule has 0 saturated heterocycles. The Balaban J connectivity index is 2.04. The van der Waals surface area contributed by atoms with Crippen LogP contribution >= 0.6 is 0 Å². The van der Waals surface area contributed by atoms with E-state index >= 15 is 0 Å². The number of nitrogens with zero attached hydrogens (tertiary/aromatic N) is 3. The van der Waals surface area contributed by atoms with Crippen LogP contribution < -0.4 is 16.2 Å². The SMILES string of the molecule is Cn1c(-c2ccccc2NCCCO)nc(C(=O)Nc2cnoc2)c(O)c1=O. The summed E-state index contributed by atoms with van der Waals surface area (Å²) in [5.41, 5.74) is 0.336. The van der Waals surface area contributed by atoms with E-state index in [9.17, 15) is 14.7 Å². The number of hydrogen-bond donors (Lipinski definition) is 4. The lowest BCUT2D eigenvalue weighted by Gasteiger charge is -2.15. The summed E-state index contributed by atoms with van der Waals surface area (Å²) >= 11 is 0. The van der Waals surface area contributed by atoms with Crippen LogP contribution in [0.15, 0.2) is 46.0 Å². The third kappa shape index (κ3) is 3.86. The number of amides is 1. The van der Waals surface area contributed by atoms with Gasteiger partial charge in [0.1, 0.15) is 17.8 Å². The van der Waals surface area contributed by atoms with Crippen LogP contribution in [0.4, 0.5) is 11.4 Å². The van der Waals surface area contributed by atoms with Crippen LogP contribution in [0, 0.1) is 0 Å². The zero-order chi connectivity index (χ0) is 20.1. The average Bonchev–Trinajstić information content (AvgIpc) is 3.20. The fourth-order valence-corrected chi connectivity index (χ4v) is 2.58. The first-order valence-electron chi connectivity index (χ1n) is 8.47. The first kappa shape index (κ1) is 19.1. The van der Waals surface area contributed by atoms with E-state index in [1.165, 1.54) is 19.5 Å². The van der Waals surface area contributed by atoms with Gasteiger partial charge < -0.3 is 25.4 Å². The maximum atomic E-state index is 12.5. The second kappa shape index (κ2) is 8.35. The third-order valence-corrected chi connectivity index (χ3v) is 3.99. The molecule has 0 aliphatic carbocycles. The average molecular weight is 385 g/mol. The smallest absolute Gasteiger partial charge is 0.296 e. The molecule has 3 aromatic rings. The molecule has 0 radical (unpaired) electrons. The maximum absolute atomic E-state index is 12.5. The summed E-state index contributed by atoms with van der Waals surface area (Å²) in [4.78, 5) is 29.2. The Kier molecular flexibility index (Phi) is 5.70. The van der Waals surface area contributed by atoms with E-state index in [2.05, 4.69) is 25.3 Å². The molecule has 28 heavy (non-hydrogen) atoms. The molecule has 0 saturated carbocycles. The molecule has 0 spiro atoms. The van der Waals surface area contributed by atoms with Crippen molar-refractivity contribution in [2.45, 2.75) is 6.42 Å². The Morgan fingerprint density at radius 2 is 2.11 bits per heavy atom. The van der Waals surface area contributed by atoms with E-state index in [0.29, 0.717) is 24.2 Å². The van der Waals surface area contributed by atoms with Gasteiger partial charge in [-0.05, 0) is 18.6 Å². The van der Waals surface area contributed by atoms with Gasteiger partial charge in [0.2, 0.25) is 5.75 Å². The number of carbonyl (C=O) groups excluding carboxylic acids is 1. The van der Waals surface area contributed by atoms with Gasteiger partial charge in [0.05, 0.1) is 6.20 Å². The van der Waals surface area contributed by atoms with Gasteiger partial charge in [-0.2, -0.15) is 0 Å². The van der Waals surface area contributed by atoms with E-state index in [1.54, 1.807) is 18.2 Å². The van der Waals surface area contributed by atoms with Gasteiger partial charge in [0, 0.05) is 31.5 Å². The van der Waals surface area contributed by atoms with Gasteiger partial charge in [-0.25, -0.2) is 4.98 Å². The van der Waals surface area contributed by atoms with Crippen LogP contribution in [0.3, 0.4) is 0 Å². The molecule has 10 nitrogen and oxygen atoms in total. The standard InChI is InChI=1S/C18H19N5O5/c1-23-16(12-5-2-3-6-13(12)19-7-4-8-24)22-14(15(25)18(23)27)17(26)21-11-9-20-28-10-11/h2-3,5-6,9-10,19,24-25H,4,7-8H2,1H3,(H,21,26). The molecule has 0 unspecified atom stereocenters. The van der Waals surface area contributed by atoms with E-state index in [0.717, 1.165) is 4.57 Å². The molecule has 0 bridgehead atoms. The summed E-state index contributed by atoms with van der Waals surface area (Å²) < 4.78 is 5.81. The summed E-state index contributed by atoms with van der Waals surface area (Å²) in [6, 6.07) is 7.11. The highest BCUT2D eigenvalue weighted by atomic mass is 16.5. The Hall–Kier alpha value is -3.66. The second-order valence-corrected chi connectivity index (χ2v) is 5.91. The number of para-hydroxylation sites is 1. The Labute approximate surface area is 159 Å². The molecule has 10 heteroatoms. The normalized spacial score (nSPS) is 10.6. The first-order chi connectivity index (χ1) is 13.5. The number of aliphatic hydroxyl groups excluding tert-OH is 1. The summed E-state index contributed by atoms with van der Waals surface area (Å²) in [7, 11) is 1.45. The molecule has 4 N–H and O–H groups in total. The number of benzene rings is 1. The number of nitrogens with one attached hydrogen (secondary N) is 2. The minimum absolute atomic E-state index is 0.0400. The number of anilines is 2. The number of carbonyl (C=O) groups is 1. The van der Waals surface area contributed by atoms with E-state index in [-0.39, 0.29) is 18.1 Å². The van der Waals surface area contributed by atoms with Crippen molar-refractivity contribution in [2.75, 3.05) is 23.8 Å². The van der Waals surface area contributed by atoms with Crippen LogP contribution in [0.5, 0.6) is 5.75 Å². The van der Waals surface area contributed by atoms with Gasteiger partial charge in [-0.15, -0.1) is 0 Å². The highest BCUT2D eigenvalue weighted by Gasteiger charge is 2.22. The van der Waals surface area contributed by atoms with Crippen molar-refractivity contribution in [3.05, 3.63) is 52.8 Å². The van der Waals surface area contributed by atoms with Gasteiger partial charge in [-0.3, -0.25) is 14.2 Å². The minimum Gasteiger partial charge on any atom is -0.501 e. The van der Waals surface area contributed by atoms with Crippen molar-refractivity contribution in [3.63, 3.8) is 0 Å². The highest BCUT2D eigenvalue weighted by molar-refractivity contribution is 6.04.